The molecule has 19 heavy (non-hydrogen) atoms. The zero-order chi connectivity index (χ0) is 13.7. The molecule has 98 valence electrons. The van der Waals surface area contributed by atoms with Crippen molar-refractivity contribution in [2.24, 2.45) is 0 Å². The number of carbonyl (C=O) groups is 1. The average molecular weight is 257 g/mol. The summed E-state index contributed by atoms with van der Waals surface area (Å²) >= 11 is 0. The van der Waals surface area contributed by atoms with E-state index >= 15 is 0 Å². The van der Waals surface area contributed by atoms with Gasteiger partial charge in [0, 0.05) is 18.5 Å². The number of amides is 1. The maximum absolute atomic E-state index is 11.9. The monoisotopic (exact) mass is 257 g/mol. The van der Waals surface area contributed by atoms with Gasteiger partial charge < -0.3 is 15.8 Å². The maximum Gasteiger partial charge on any atom is 0.228 e. The van der Waals surface area contributed by atoms with E-state index in [1.54, 1.807) is 49.8 Å². The number of nitrogen functional groups attached to an aromatic ring is 1. The van der Waals surface area contributed by atoms with Gasteiger partial charge in [0.05, 0.1) is 24.9 Å². The Balaban J connectivity index is 2.06. The zero-order valence-electron chi connectivity index (χ0n) is 10.6. The number of anilines is 2. The van der Waals surface area contributed by atoms with Gasteiger partial charge in [0.25, 0.3) is 0 Å². The molecular formula is C14H15N3O2. The lowest BCUT2D eigenvalue weighted by Crippen LogP contribution is -2.15. The first-order valence-corrected chi connectivity index (χ1v) is 5.81. The predicted octanol–water partition coefficient (Wildman–Crippen LogP) is 1.85. The quantitative estimate of drug-likeness (QED) is 0.819. The minimum atomic E-state index is -0.133. The smallest absolute Gasteiger partial charge is 0.228 e. The van der Waals surface area contributed by atoms with Crippen molar-refractivity contribution < 1.29 is 9.53 Å². The lowest BCUT2D eigenvalue weighted by molar-refractivity contribution is -0.115. The number of aromatic nitrogens is 1. The molecular weight excluding hydrogens is 242 g/mol. The number of nitrogens with one attached hydrogen (secondary N) is 1. The molecule has 0 fully saturated rings. The largest absolute Gasteiger partial charge is 0.497 e. The second-order valence-corrected chi connectivity index (χ2v) is 4.03. The van der Waals surface area contributed by atoms with Crippen molar-refractivity contribution in [2.75, 3.05) is 18.2 Å². The Labute approximate surface area is 111 Å². The van der Waals surface area contributed by atoms with Crippen molar-refractivity contribution in [1.29, 1.82) is 0 Å². The first kappa shape index (κ1) is 12.9. The standard InChI is InChI=1S/C14H15N3O2/c1-19-11-2-3-12(15)13(9-11)17-14(18)8-10-4-6-16-7-5-10/h2-7,9H,8,15H2,1H3,(H,17,18). The highest BCUT2D eigenvalue weighted by Crippen LogP contribution is 2.24. The number of benzene rings is 1. The molecule has 0 aliphatic rings. The Bertz CT molecular complexity index is 570. The van der Waals surface area contributed by atoms with Gasteiger partial charge in [-0.1, -0.05) is 0 Å². The van der Waals surface area contributed by atoms with Crippen LogP contribution in [0, 0.1) is 0 Å². The van der Waals surface area contributed by atoms with E-state index < -0.39 is 0 Å². The highest BCUT2D eigenvalue weighted by Gasteiger charge is 2.07. The van der Waals surface area contributed by atoms with E-state index in [0.29, 0.717) is 17.1 Å². The van der Waals surface area contributed by atoms with Crippen LogP contribution in [0.25, 0.3) is 0 Å². The molecule has 2 aromatic rings. The third-order valence-electron chi connectivity index (χ3n) is 2.65. The molecule has 0 saturated carbocycles. The molecule has 0 aliphatic carbocycles. The van der Waals surface area contributed by atoms with Crippen molar-refractivity contribution in [3.05, 3.63) is 48.3 Å². The number of hydrogen-bond donors (Lipinski definition) is 2. The third-order valence-corrected chi connectivity index (χ3v) is 2.65. The number of ether oxygens (including phenoxy) is 1. The van der Waals surface area contributed by atoms with Gasteiger partial charge in [-0.3, -0.25) is 9.78 Å². The lowest BCUT2D eigenvalue weighted by atomic mass is 10.2. The molecule has 3 N–H and O–H groups in total. The Hall–Kier alpha value is -2.56. The molecule has 0 unspecified atom stereocenters. The van der Waals surface area contributed by atoms with E-state index in [1.807, 2.05) is 0 Å². The predicted molar refractivity (Wildman–Crippen MR) is 74.0 cm³/mol. The number of methoxy groups -OCH3 is 1. The van der Waals surface area contributed by atoms with Crippen molar-refractivity contribution >= 4 is 17.3 Å². The number of hydrogen-bond acceptors (Lipinski definition) is 4. The number of nitrogens with zero attached hydrogens (tertiary/aromatic N) is 1. The summed E-state index contributed by atoms with van der Waals surface area (Å²) in [5.41, 5.74) is 7.76. The molecule has 0 bridgehead atoms. The van der Waals surface area contributed by atoms with Gasteiger partial charge in [0.2, 0.25) is 5.91 Å². The molecule has 0 radical (unpaired) electrons. The van der Waals surface area contributed by atoms with Crippen molar-refractivity contribution in [3.63, 3.8) is 0 Å². The van der Waals surface area contributed by atoms with Crippen LogP contribution in [-0.4, -0.2) is 18.0 Å². The highest BCUT2D eigenvalue weighted by atomic mass is 16.5. The van der Waals surface area contributed by atoms with Crippen LogP contribution in [0.15, 0.2) is 42.7 Å². The van der Waals surface area contributed by atoms with Gasteiger partial charge in [0.1, 0.15) is 5.75 Å². The summed E-state index contributed by atoms with van der Waals surface area (Å²) in [7, 11) is 1.56. The molecule has 1 heterocycles. The molecule has 1 amide bonds. The summed E-state index contributed by atoms with van der Waals surface area (Å²) in [6, 6.07) is 8.73. The highest BCUT2D eigenvalue weighted by molar-refractivity contribution is 5.95. The van der Waals surface area contributed by atoms with Crippen LogP contribution in [0.2, 0.25) is 0 Å². The molecule has 1 aromatic heterocycles. The van der Waals surface area contributed by atoms with Crippen LogP contribution < -0.4 is 15.8 Å². The van der Waals surface area contributed by atoms with E-state index in [0.717, 1.165) is 5.56 Å². The van der Waals surface area contributed by atoms with E-state index in [9.17, 15) is 4.79 Å². The average Bonchev–Trinajstić information content (AvgIpc) is 2.42. The van der Waals surface area contributed by atoms with Crippen LogP contribution in [0.3, 0.4) is 0 Å². The second-order valence-electron chi connectivity index (χ2n) is 4.03. The first-order chi connectivity index (χ1) is 9.19. The molecule has 0 saturated heterocycles. The summed E-state index contributed by atoms with van der Waals surface area (Å²) in [5.74, 6) is 0.513. The van der Waals surface area contributed by atoms with Crippen LogP contribution >= 0.6 is 0 Å². The fraction of sp³-hybridized carbons (Fsp3) is 0.143. The summed E-state index contributed by atoms with van der Waals surface area (Å²) in [5, 5.41) is 2.77. The molecule has 5 heteroatoms. The van der Waals surface area contributed by atoms with E-state index in [4.69, 9.17) is 10.5 Å². The van der Waals surface area contributed by atoms with Crippen molar-refractivity contribution in [1.82, 2.24) is 4.98 Å². The van der Waals surface area contributed by atoms with Crippen LogP contribution in [0.5, 0.6) is 5.75 Å². The van der Waals surface area contributed by atoms with Gasteiger partial charge in [0.15, 0.2) is 0 Å². The summed E-state index contributed by atoms with van der Waals surface area (Å²) in [4.78, 5) is 15.8. The zero-order valence-corrected chi connectivity index (χ0v) is 10.6. The first-order valence-electron chi connectivity index (χ1n) is 5.81. The minimum absolute atomic E-state index is 0.133. The Morgan fingerprint density at radius 2 is 2.05 bits per heavy atom. The normalized spacial score (nSPS) is 9.95. The van der Waals surface area contributed by atoms with Gasteiger partial charge >= 0.3 is 0 Å². The fourth-order valence-electron chi connectivity index (χ4n) is 1.65. The topological polar surface area (TPSA) is 77.2 Å². The lowest BCUT2D eigenvalue weighted by Gasteiger charge is -2.10. The molecule has 0 spiro atoms. The van der Waals surface area contributed by atoms with E-state index in [1.165, 1.54) is 0 Å². The van der Waals surface area contributed by atoms with Gasteiger partial charge in [-0.15, -0.1) is 0 Å². The van der Waals surface area contributed by atoms with Gasteiger partial charge in [-0.2, -0.15) is 0 Å². The Morgan fingerprint density at radius 1 is 1.32 bits per heavy atom. The summed E-state index contributed by atoms with van der Waals surface area (Å²) in [6.45, 7) is 0. The minimum Gasteiger partial charge on any atom is -0.497 e. The summed E-state index contributed by atoms with van der Waals surface area (Å²) < 4.78 is 5.09. The van der Waals surface area contributed by atoms with E-state index in [-0.39, 0.29) is 12.3 Å². The summed E-state index contributed by atoms with van der Waals surface area (Å²) in [6.07, 6.45) is 3.59. The number of pyridine rings is 1. The van der Waals surface area contributed by atoms with Crippen molar-refractivity contribution in [3.8, 4) is 5.75 Å². The Kier molecular flexibility index (Phi) is 3.97. The maximum atomic E-state index is 11.9. The van der Waals surface area contributed by atoms with Crippen LogP contribution in [0.4, 0.5) is 11.4 Å². The third kappa shape index (κ3) is 3.45. The van der Waals surface area contributed by atoms with Crippen molar-refractivity contribution in [2.45, 2.75) is 6.42 Å². The Morgan fingerprint density at radius 3 is 2.74 bits per heavy atom. The molecule has 0 atom stereocenters. The number of nitrogens with two attached hydrogens (primary N) is 1. The molecule has 1 aromatic carbocycles. The number of rotatable bonds is 4. The molecule has 5 nitrogen and oxygen atoms in total. The van der Waals surface area contributed by atoms with E-state index in [2.05, 4.69) is 10.3 Å². The van der Waals surface area contributed by atoms with Crippen LogP contribution in [0.1, 0.15) is 5.56 Å². The SMILES string of the molecule is COc1ccc(N)c(NC(=O)Cc2ccncc2)c1. The fourth-order valence-corrected chi connectivity index (χ4v) is 1.65. The second kappa shape index (κ2) is 5.86. The van der Waals surface area contributed by atoms with Gasteiger partial charge in [-0.05, 0) is 29.8 Å². The molecule has 0 aliphatic heterocycles. The van der Waals surface area contributed by atoms with Gasteiger partial charge in [-0.25, -0.2) is 0 Å². The van der Waals surface area contributed by atoms with Crippen LogP contribution in [-0.2, 0) is 11.2 Å². The number of carbonyl (C=O) groups excluding carboxylic acids is 1. The molecule has 2 rings (SSSR count).